The van der Waals surface area contributed by atoms with Crippen molar-refractivity contribution in [1.82, 2.24) is 9.97 Å². The quantitative estimate of drug-likeness (QED) is 0.749. The summed E-state index contributed by atoms with van der Waals surface area (Å²) < 4.78 is 5.41. The van der Waals surface area contributed by atoms with Crippen LogP contribution in [0.25, 0.3) is 10.2 Å². The molecule has 3 rings (SSSR count). The van der Waals surface area contributed by atoms with Gasteiger partial charge in [0, 0.05) is 17.5 Å². The highest BCUT2D eigenvalue weighted by Gasteiger charge is 2.14. The predicted molar refractivity (Wildman–Crippen MR) is 97.5 cm³/mol. The van der Waals surface area contributed by atoms with E-state index < -0.39 is 0 Å². The number of aromatic nitrogens is 2. The Morgan fingerprint density at radius 3 is 2.75 bits per heavy atom. The predicted octanol–water partition coefficient (Wildman–Crippen LogP) is 4.02. The molecule has 0 aliphatic rings. The molecule has 6 nitrogen and oxygen atoms in total. The van der Waals surface area contributed by atoms with Crippen LogP contribution in [0.3, 0.4) is 0 Å². The summed E-state index contributed by atoms with van der Waals surface area (Å²) in [4.78, 5) is 22.2. The minimum absolute atomic E-state index is 0.125. The summed E-state index contributed by atoms with van der Waals surface area (Å²) in [6.07, 6.45) is 1.55. The van der Waals surface area contributed by atoms with Gasteiger partial charge in [-0.1, -0.05) is 0 Å². The van der Waals surface area contributed by atoms with Crippen LogP contribution in [0.5, 0.6) is 5.75 Å². The van der Waals surface area contributed by atoms with E-state index in [1.54, 1.807) is 36.9 Å². The Labute approximate surface area is 143 Å². The fourth-order valence-corrected chi connectivity index (χ4v) is 3.49. The number of aryl methyl sites for hydroxylation is 2. The van der Waals surface area contributed by atoms with Crippen LogP contribution in [-0.2, 0) is 4.79 Å². The monoisotopic (exact) mass is 342 g/mol. The summed E-state index contributed by atoms with van der Waals surface area (Å²) in [5.74, 6) is 1.26. The van der Waals surface area contributed by atoms with Crippen molar-refractivity contribution in [2.45, 2.75) is 20.8 Å². The van der Waals surface area contributed by atoms with Crippen LogP contribution in [-0.4, -0.2) is 23.0 Å². The van der Waals surface area contributed by atoms with Crippen LogP contribution < -0.4 is 15.4 Å². The van der Waals surface area contributed by atoms with Gasteiger partial charge in [0.1, 0.15) is 22.7 Å². The second-order valence-electron chi connectivity index (χ2n) is 5.41. The number of nitrogens with one attached hydrogen (secondary N) is 2. The Hall–Kier alpha value is -2.67. The molecule has 0 atom stereocenters. The van der Waals surface area contributed by atoms with Gasteiger partial charge in [0.15, 0.2) is 0 Å². The first-order chi connectivity index (χ1) is 11.5. The molecule has 2 N–H and O–H groups in total. The topological polar surface area (TPSA) is 76.1 Å². The van der Waals surface area contributed by atoms with Crippen LogP contribution >= 0.6 is 11.3 Å². The highest BCUT2D eigenvalue weighted by atomic mass is 32.1. The molecule has 1 aromatic carbocycles. The van der Waals surface area contributed by atoms with Gasteiger partial charge < -0.3 is 15.4 Å². The Morgan fingerprint density at radius 1 is 1.25 bits per heavy atom. The van der Waals surface area contributed by atoms with Gasteiger partial charge in [-0.2, -0.15) is 0 Å². The highest BCUT2D eigenvalue weighted by Crippen LogP contribution is 2.36. The maximum absolute atomic E-state index is 11.3. The number of thiophene rings is 1. The van der Waals surface area contributed by atoms with E-state index in [1.165, 1.54) is 11.8 Å². The first kappa shape index (κ1) is 16.2. The summed E-state index contributed by atoms with van der Waals surface area (Å²) in [5, 5.41) is 7.09. The van der Waals surface area contributed by atoms with E-state index in [1.807, 2.05) is 6.07 Å². The molecule has 0 spiro atoms. The number of nitrogens with zero attached hydrogens (tertiary/aromatic N) is 2. The van der Waals surface area contributed by atoms with Crippen LogP contribution in [0, 0.1) is 13.8 Å². The van der Waals surface area contributed by atoms with Gasteiger partial charge >= 0.3 is 0 Å². The van der Waals surface area contributed by atoms with Crippen molar-refractivity contribution in [3.05, 3.63) is 35.0 Å². The molecule has 2 aromatic heterocycles. The highest BCUT2D eigenvalue weighted by molar-refractivity contribution is 7.18. The SMILES string of the molecule is COc1ccc(NC(C)=O)cc1Nc1ncnc2sc(C)c(C)c12. The number of carbonyl (C=O) groups is 1. The maximum atomic E-state index is 11.3. The molecule has 7 heteroatoms. The number of carbonyl (C=O) groups excluding carboxylic acids is 1. The van der Waals surface area contributed by atoms with E-state index in [4.69, 9.17) is 4.74 Å². The van der Waals surface area contributed by atoms with E-state index in [-0.39, 0.29) is 5.91 Å². The van der Waals surface area contributed by atoms with Gasteiger partial charge in [0.2, 0.25) is 5.91 Å². The third-order valence-corrected chi connectivity index (χ3v) is 4.85. The standard InChI is InChI=1S/C17H18N4O2S/c1-9-10(2)24-17-15(9)16(18-8-19-17)21-13-7-12(20-11(3)22)5-6-14(13)23-4/h5-8H,1-4H3,(H,20,22)(H,18,19,21). The van der Waals surface area contributed by atoms with Crippen molar-refractivity contribution in [2.75, 3.05) is 17.7 Å². The molecule has 0 radical (unpaired) electrons. The van der Waals surface area contributed by atoms with E-state index in [9.17, 15) is 4.79 Å². The number of rotatable bonds is 4. The lowest BCUT2D eigenvalue weighted by Gasteiger charge is -2.13. The molecule has 0 fully saturated rings. The van der Waals surface area contributed by atoms with Crippen LogP contribution in [0.15, 0.2) is 24.5 Å². The fourth-order valence-electron chi connectivity index (χ4n) is 2.49. The molecule has 0 aliphatic heterocycles. The number of benzene rings is 1. The van der Waals surface area contributed by atoms with Crippen molar-refractivity contribution in [3.8, 4) is 5.75 Å². The molecule has 24 heavy (non-hydrogen) atoms. The molecule has 1 amide bonds. The number of ether oxygens (including phenoxy) is 1. The average molecular weight is 342 g/mol. The van der Waals surface area contributed by atoms with Crippen LogP contribution in [0.4, 0.5) is 17.2 Å². The van der Waals surface area contributed by atoms with Crippen molar-refractivity contribution >= 4 is 44.7 Å². The van der Waals surface area contributed by atoms with Gasteiger partial charge in [-0.25, -0.2) is 9.97 Å². The average Bonchev–Trinajstić information content (AvgIpc) is 2.83. The lowest BCUT2D eigenvalue weighted by atomic mass is 10.2. The van der Waals surface area contributed by atoms with Gasteiger partial charge in [-0.3, -0.25) is 4.79 Å². The second-order valence-corrected chi connectivity index (χ2v) is 6.61. The zero-order chi connectivity index (χ0) is 17.3. The van der Waals surface area contributed by atoms with Crippen molar-refractivity contribution in [2.24, 2.45) is 0 Å². The Balaban J connectivity index is 2.06. The van der Waals surface area contributed by atoms with Gasteiger partial charge in [-0.05, 0) is 37.6 Å². The molecule has 124 valence electrons. The van der Waals surface area contributed by atoms with Crippen LogP contribution in [0.1, 0.15) is 17.4 Å². The number of fused-ring (bicyclic) bond motifs is 1. The summed E-state index contributed by atoms with van der Waals surface area (Å²) in [6, 6.07) is 5.42. The minimum atomic E-state index is -0.125. The first-order valence-electron chi connectivity index (χ1n) is 7.43. The van der Waals surface area contributed by atoms with Gasteiger partial charge in [-0.15, -0.1) is 11.3 Å². The first-order valence-corrected chi connectivity index (χ1v) is 8.24. The third kappa shape index (κ3) is 3.03. The molecule has 2 heterocycles. The van der Waals surface area contributed by atoms with Crippen molar-refractivity contribution < 1.29 is 9.53 Å². The summed E-state index contributed by atoms with van der Waals surface area (Å²) in [7, 11) is 1.61. The second kappa shape index (κ2) is 6.45. The Morgan fingerprint density at radius 2 is 2.04 bits per heavy atom. The number of methoxy groups -OCH3 is 1. The number of anilines is 3. The van der Waals surface area contributed by atoms with Crippen molar-refractivity contribution in [3.63, 3.8) is 0 Å². The molecule has 0 saturated carbocycles. The number of amides is 1. The third-order valence-electron chi connectivity index (χ3n) is 3.74. The zero-order valence-electron chi connectivity index (χ0n) is 13.9. The normalized spacial score (nSPS) is 10.7. The van der Waals surface area contributed by atoms with Crippen LogP contribution in [0.2, 0.25) is 0 Å². The maximum Gasteiger partial charge on any atom is 0.221 e. The molecule has 0 bridgehead atoms. The Kier molecular flexibility index (Phi) is 4.35. The number of hydrogen-bond donors (Lipinski definition) is 2. The largest absolute Gasteiger partial charge is 0.495 e. The summed E-state index contributed by atoms with van der Waals surface area (Å²) >= 11 is 1.65. The van der Waals surface area contributed by atoms with E-state index in [2.05, 4.69) is 34.4 Å². The van der Waals surface area contributed by atoms with E-state index in [0.717, 1.165) is 27.3 Å². The smallest absolute Gasteiger partial charge is 0.221 e. The van der Waals surface area contributed by atoms with Gasteiger partial charge in [0.25, 0.3) is 0 Å². The minimum Gasteiger partial charge on any atom is -0.495 e. The molecular weight excluding hydrogens is 324 g/mol. The van der Waals surface area contributed by atoms with E-state index in [0.29, 0.717) is 11.4 Å². The Bertz CT molecular complexity index is 920. The molecule has 3 aromatic rings. The fraction of sp³-hybridized carbons (Fsp3) is 0.235. The number of hydrogen-bond acceptors (Lipinski definition) is 6. The van der Waals surface area contributed by atoms with Crippen molar-refractivity contribution in [1.29, 1.82) is 0 Å². The molecule has 0 aliphatic carbocycles. The molecule has 0 saturated heterocycles. The van der Waals surface area contributed by atoms with E-state index >= 15 is 0 Å². The molecule has 0 unspecified atom stereocenters. The lowest BCUT2D eigenvalue weighted by Crippen LogP contribution is -2.06. The summed E-state index contributed by atoms with van der Waals surface area (Å²) in [5.41, 5.74) is 2.58. The summed E-state index contributed by atoms with van der Waals surface area (Å²) in [6.45, 7) is 5.61. The zero-order valence-corrected chi connectivity index (χ0v) is 14.7. The lowest BCUT2D eigenvalue weighted by molar-refractivity contribution is -0.114. The van der Waals surface area contributed by atoms with Gasteiger partial charge in [0.05, 0.1) is 18.2 Å². The molecular formula is C17H18N4O2S.